The van der Waals surface area contributed by atoms with E-state index < -0.39 is 0 Å². The molecule has 0 saturated heterocycles. The van der Waals surface area contributed by atoms with Crippen molar-refractivity contribution in [1.82, 2.24) is 0 Å². The van der Waals surface area contributed by atoms with Crippen molar-refractivity contribution in [3.63, 3.8) is 0 Å². The van der Waals surface area contributed by atoms with Crippen LogP contribution in [0.1, 0.15) is 26.3 Å². The van der Waals surface area contributed by atoms with Crippen molar-refractivity contribution in [2.45, 2.75) is 32.9 Å². The number of rotatable bonds is 6. The van der Waals surface area contributed by atoms with Crippen molar-refractivity contribution in [3.8, 4) is 11.5 Å². The van der Waals surface area contributed by atoms with E-state index >= 15 is 0 Å². The molecule has 0 amide bonds. The number of ether oxygens (including phenoxy) is 3. The highest BCUT2D eigenvalue weighted by atomic mass is 35.5. The van der Waals surface area contributed by atoms with Gasteiger partial charge in [0.05, 0.1) is 19.3 Å². The van der Waals surface area contributed by atoms with Crippen LogP contribution in [0.15, 0.2) is 12.1 Å². The maximum atomic E-state index is 5.98. The average Bonchev–Trinajstić information content (AvgIpc) is 2.33. The topological polar surface area (TPSA) is 53.7 Å². The lowest BCUT2D eigenvalue weighted by Gasteiger charge is -2.20. The van der Waals surface area contributed by atoms with E-state index in [1.54, 1.807) is 19.2 Å². The smallest absolute Gasteiger partial charge is 0.165 e. The molecular formula is C14H22ClNO3. The molecule has 0 radical (unpaired) electrons. The Kier molecular flexibility index (Phi) is 5.91. The molecule has 1 aromatic rings. The van der Waals surface area contributed by atoms with Crippen LogP contribution in [0, 0.1) is 0 Å². The number of benzene rings is 1. The molecule has 0 bridgehead atoms. The second kappa shape index (κ2) is 6.98. The summed E-state index contributed by atoms with van der Waals surface area (Å²) in [5.74, 6) is 1.22. The molecule has 0 aromatic heterocycles. The quantitative estimate of drug-likeness (QED) is 0.817. The van der Waals surface area contributed by atoms with Gasteiger partial charge in [-0.3, -0.25) is 0 Å². The van der Waals surface area contributed by atoms with Gasteiger partial charge in [0, 0.05) is 23.2 Å². The molecule has 0 spiro atoms. The van der Waals surface area contributed by atoms with Crippen LogP contribution in [-0.2, 0) is 11.3 Å². The van der Waals surface area contributed by atoms with Gasteiger partial charge in [0.1, 0.15) is 6.61 Å². The van der Waals surface area contributed by atoms with Crippen LogP contribution in [0.5, 0.6) is 11.5 Å². The molecule has 0 saturated carbocycles. The second-order valence-electron chi connectivity index (χ2n) is 5.11. The molecule has 0 aliphatic heterocycles. The largest absolute Gasteiger partial charge is 0.493 e. The summed E-state index contributed by atoms with van der Waals surface area (Å²) in [5.41, 5.74) is 6.33. The lowest BCUT2D eigenvalue weighted by atomic mass is 10.2. The first kappa shape index (κ1) is 16.1. The van der Waals surface area contributed by atoms with Gasteiger partial charge in [-0.1, -0.05) is 11.6 Å². The van der Waals surface area contributed by atoms with Gasteiger partial charge in [-0.05, 0) is 26.8 Å². The zero-order valence-electron chi connectivity index (χ0n) is 12.0. The first-order chi connectivity index (χ1) is 8.87. The number of hydrogen-bond donors (Lipinski definition) is 1. The Morgan fingerprint density at radius 2 is 1.89 bits per heavy atom. The van der Waals surface area contributed by atoms with Gasteiger partial charge in [-0.2, -0.15) is 0 Å². The summed E-state index contributed by atoms with van der Waals surface area (Å²) in [5, 5.41) is 0.579. The molecule has 1 aromatic carbocycles. The van der Waals surface area contributed by atoms with E-state index in [-0.39, 0.29) is 5.60 Å². The van der Waals surface area contributed by atoms with Crippen molar-refractivity contribution in [2.24, 2.45) is 5.73 Å². The summed E-state index contributed by atoms with van der Waals surface area (Å²) in [6.45, 7) is 7.28. The normalized spacial score (nSPS) is 11.5. The standard InChI is InChI=1S/C14H22ClNO3/c1-14(2,3)19-6-5-18-13-10(9-16)7-11(15)8-12(13)17-4/h7-8H,5-6,9,16H2,1-4H3. The van der Waals surface area contributed by atoms with Crippen LogP contribution in [0.4, 0.5) is 0 Å². The van der Waals surface area contributed by atoms with E-state index in [0.717, 1.165) is 5.56 Å². The predicted molar refractivity (Wildman–Crippen MR) is 77.1 cm³/mol. The third-order valence-corrected chi connectivity index (χ3v) is 2.62. The Morgan fingerprint density at radius 3 is 2.42 bits per heavy atom. The van der Waals surface area contributed by atoms with Crippen molar-refractivity contribution in [1.29, 1.82) is 0 Å². The molecule has 0 atom stereocenters. The summed E-state index contributed by atoms with van der Waals surface area (Å²) in [6.07, 6.45) is 0. The number of methoxy groups -OCH3 is 1. The fraction of sp³-hybridized carbons (Fsp3) is 0.571. The van der Waals surface area contributed by atoms with E-state index in [2.05, 4.69) is 0 Å². The average molecular weight is 288 g/mol. The fourth-order valence-corrected chi connectivity index (χ4v) is 1.81. The van der Waals surface area contributed by atoms with Crippen LogP contribution in [0.3, 0.4) is 0 Å². The first-order valence-corrected chi connectivity index (χ1v) is 6.58. The minimum absolute atomic E-state index is 0.176. The first-order valence-electron chi connectivity index (χ1n) is 6.20. The Labute approximate surface area is 119 Å². The third-order valence-electron chi connectivity index (χ3n) is 2.40. The Morgan fingerprint density at radius 1 is 1.21 bits per heavy atom. The van der Waals surface area contributed by atoms with Crippen LogP contribution in [0.2, 0.25) is 5.02 Å². The lowest BCUT2D eigenvalue weighted by molar-refractivity contribution is -0.0166. The highest BCUT2D eigenvalue weighted by Crippen LogP contribution is 2.34. The van der Waals surface area contributed by atoms with Crippen molar-refractivity contribution >= 4 is 11.6 Å². The lowest BCUT2D eigenvalue weighted by Crippen LogP contribution is -2.22. The summed E-state index contributed by atoms with van der Waals surface area (Å²) in [4.78, 5) is 0. The minimum Gasteiger partial charge on any atom is -0.493 e. The number of hydrogen-bond acceptors (Lipinski definition) is 4. The number of nitrogens with two attached hydrogens (primary N) is 1. The van der Waals surface area contributed by atoms with Crippen molar-refractivity contribution in [3.05, 3.63) is 22.7 Å². The van der Waals surface area contributed by atoms with Crippen molar-refractivity contribution < 1.29 is 14.2 Å². The molecular weight excluding hydrogens is 266 g/mol. The SMILES string of the molecule is COc1cc(Cl)cc(CN)c1OCCOC(C)(C)C. The summed E-state index contributed by atoms with van der Waals surface area (Å²) < 4.78 is 16.6. The minimum atomic E-state index is -0.176. The molecule has 0 aliphatic carbocycles. The Hall–Kier alpha value is -0.970. The summed E-state index contributed by atoms with van der Waals surface area (Å²) in [7, 11) is 1.57. The zero-order valence-corrected chi connectivity index (χ0v) is 12.7. The maximum absolute atomic E-state index is 5.98. The highest BCUT2D eigenvalue weighted by molar-refractivity contribution is 6.30. The van der Waals surface area contributed by atoms with Crippen LogP contribution < -0.4 is 15.2 Å². The van der Waals surface area contributed by atoms with E-state index in [1.807, 2.05) is 20.8 Å². The molecule has 0 fully saturated rings. The van der Waals surface area contributed by atoms with Gasteiger partial charge in [-0.25, -0.2) is 0 Å². The molecule has 2 N–H and O–H groups in total. The molecule has 0 unspecified atom stereocenters. The van der Waals surface area contributed by atoms with E-state index in [9.17, 15) is 0 Å². The van der Waals surface area contributed by atoms with Gasteiger partial charge >= 0.3 is 0 Å². The van der Waals surface area contributed by atoms with Crippen LogP contribution in [-0.4, -0.2) is 25.9 Å². The van der Waals surface area contributed by atoms with E-state index in [4.69, 9.17) is 31.5 Å². The van der Waals surface area contributed by atoms with E-state index in [1.165, 1.54) is 0 Å². The fourth-order valence-electron chi connectivity index (χ4n) is 1.58. The highest BCUT2D eigenvalue weighted by Gasteiger charge is 2.13. The van der Waals surface area contributed by atoms with Gasteiger partial charge in [0.15, 0.2) is 11.5 Å². The summed E-state index contributed by atoms with van der Waals surface area (Å²) >= 11 is 5.98. The molecule has 0 heterocycles. The summed E-state index contributed by atoms with van der Waals surface area (Å²) in [6, 6.07) is 3.49. The van der Waals surface area contributed by atoms with Crippen LogP contribution >= 0.6 is 11.6 Å². The molecule has 1 rings (SSSR count). The molecule has 4 nitrogen and oxygen atoms in total. The zero-order chi connectivity index (χ0) is 14.5. The monoisotopic (exact) mass is 287 g/mol. The van der Waals surface area contributed by atoms with Crippen molar-refractivity contribution in [2.75, 3.05) is 20.3 Å². The Bertz CT molecular complexity index is 391. The molecule has 5 heteroatoms. The third kappa shape index (κ3) is 5.27. The van der Waals surface area contributed by atoms with Crippen LogP contribution in [0.25, 0.3) is 0 Å². The maximum Gasteiger partial charge on any atom is 0.165 e. The van der Waals surface area contributed by atoms with E-state index in [0.29, 0.717) is 36.3 Å². The van der Waals surface area contributed by atoms with Gasteiger partial charge in [0.2, 0.25) is 0 Å². The van der Waals surface area contributed by atoms with Gasteiger partial charge in [-0.15, -0.1) is 0 Å². The molecule has 0 aliphatic rings. The second-order valence-corrected chi connectivity index (χ2v) is 5.55. The molecule has 108 valence electrons. The predicted octanol–water partition coefficient (Wildman–Crippen LogP) is 3.00. The Balaban J connectivity index is 2.71. The van der Waals surface area contributed by atoms with Gasteiger partial charge in [0.25, 0.3) is 0 Å². The number of halogens is 1. The van der Waals surface area contributed by atoms with Gasteiger partial charge < -0.3 is 19.9 Å². The molecule has 19 heavy (non-hydrogen) atoms.